The van der Waals surface area contributed by atoms with Gasteiger partial charge in [0.25, 0.3) is 0 Å². The van der Waals surface area contributed by atoms with Crippen molar-refractivity contribution in [2.75, 3.05) is 5.75 Å². The van der Waals surface area contributed by atoms with Gasteiger partial charge in [0.2, 0.25) is 0 Å². The molecular weight excluding hydrogens is 292 g/mol. The molecule has 0 aromatic heterocycles. The summed E-state index contributed by atoms with van der Waals surface area (Å²) in [5.74, 6) is 0.228. The van der Waals surface area contributed by atoms with Crippen LogP contribution in [-0.2, 0) is 15.3 Å². The Bertz CT molecular complexity index is 700. The number of sulfone groups is 1. The first-order valence-electron chi connectivity index (χ1n) is 7.96. The summed E-state index contributed by atoms with van der Waals surface area (Å²) in [7, 11) is -3.19. The predicted octanol–water partition coefficient (Wildman–Crippen LogP) is 4.36. The largest absolute Gasteiger partial charge is 0.224 e. The third-order valence-electron chi connectivity index (χ3n) is 4.90. The monoisotopic (exact) mass is 314 g/mol. The smallest absolute Gasteiger partial charge is 0.178 e. The van der Waals surface area contributed by atoms with Gasteiger partial charge in [-0.3, -0.25) is 0 Å². The summed E-state index contributed by atoms with van der Waals surface area (Å²) in [6.45, 7) is 0. The fourth-order valence-electron chi connectivity index (χ4n) is 3.60. The molecule has 22 heavy (non-hydrogen) atoms. The van der Waals surface area contributed by atoms with Crippen LogP contribution >= 0.6 is 0 Å². The third kappa shape index (κ3) is 3.09. The minimum atomic E-state index is -3.19. The molecular formula is C19H22O2S. The molecule has 0 spiro atoms. The molecule has 0 radical (unpaired) electrons. The summed E-state index contributed by atoms with van der Waals surface area (Å²) in [6, 6.07) is 19.3. The first-order valence-corrected chi connectivity index (χ1v) is 9.61. The van der Waals surface area contributed by atoms with Gasteiger partial charge in [0, 0.05) is 0 Å². The molecule has 3 heteroatoms. The number of rotatable bonds is 5. The van der Waals surface area contributed by atoms with Crippen LogP contribution in [0.5, 0.6) is 0 Å². The molecule has 1 saturated carbocycles. The molecule has 0 N–H and O–H groups in total. The van der Waals surface area contributed by atoms with E-state index in [9.17, 15) is 8.42 Å². The van der Waals surface area contributed by atoms with E-state index < -0.39 is 9.84 Å². The molecule has 0 amide bonds. The normalized spacial score (nSPS) is 17.5. The minimum absolute atomic E-state index is 0.0448. The second-order valence-corrected chi connectivity index (χ2v) is 8.34. The fraction of sp³-hybridized carbons (Fsp3) is 0.368. The number of hydrogen-bond donors (Lipinski definition) is 0. The van der Waals surface area contributed by atoms with E-state index in [0.717, 1.165) is 12.8 Å². The molecule has 0 saturated heterocycles. The van der Waals surface area contributed by atoms with Crippen molar-refractivity contribution in [2.24, 2.45) is 0 Å². The Morgan fingerprint density at radius 2 is 1.36 bits per heavy atom. The quantitative estimate of drug-likeness (QED) is 0.821. The standard InChI is InChI=1S/C19H22O2S/c20-22(21,18-11-5-2-6-12-18)16-15-19(13-7-8-14-19)17-9-3-1-4-10-17/h1-6,9-12H,7-8,13-16H2. The lowest BCUT2D eigenvalue weighted by molar-refractivity contribution is 0.424. The first-order chi connectivity index (χ1) is 10.6. The van der Waals surface area contributed by atoms with Crippen molar-refractivity contribution in [1.29, 1.82) is 0 Å². The molecule has 1 aliphatic rings. The highest BCUT2D eigenvalue weighted by Crippen LogP contribution is 2.44. The minimum Gasteiger partial charge on any atom is -0.224 e. The van der Waals surface area contributed by atoms with Crippen LogP contribution in [0.2, 0.25) is 0 Å². The van der Waals surface area contributed by atoms with E-state index in [1.807, 2.05) is 12.1 Å². The van der Waals surface area contributed by atoms with E-state index >= 15 is 0 Å². The second kappa shape index (κ2) is 6.25. The van der Waals surface area contributed by atoms with E-state index in [0.29, 0.717) is 11.3 Å². The van der Waals surface area contributed by atoms with Gasteiger partial charge < -0.3 is 0 Å². The third-order valence-corrected chi connectivity index (χ3v) is 6.63. The van der Waals surface area contributed by atoms with Crippen LogP contribution in [0.25, 0.3) is 0 Å². The molecule has 116 valence electrons. The summed E-state index contributed by atoms with van der Waals surface area (Å²) in [4.78, 5) is 0.441. The highest BCUT2D eigenvalue weighted by molar-refractivity contribution is 7.91. The van der Waals surface area contributed by atoms with E-state index in [1.165, 1.54) is 18.4 Å². The molecule has 1 fully saturated rings. The Labute approximate surface area is 133 Å². The summed E-state index contributed by atoms with van der Waals surface area (Å²) in [5, 5.41) is 0. The molecule has 0 atom stereocenters. The van der Waals surface area contributed by atoms with Gasteiger partial charge in [-0.05, 0) is 42.4 Å². The maximum atomic E-state index is 12.6. The second-order valence-electron chi connectivity index (χ2n) is 6.24. The van der Waals surface area contributed by atoms with Crippen LogP contribution in [-0.4, -0.2) is 14.2 Å². The molecule has 2 aromatic rings. The Balaban J connectivity index is 1.82. The van der Waals surface area contributed by atoms with Crippen LogP contribution in [0.15, 0.2) is 65.6 Å². The Kier molecular flexibility index (Phi) is 4.34. The van der Waals surface area contributed by atoms with E-state index in [1.54, 1.807) is 24.3 Å². The highest BCUT2D eigenvalue weighted by Gasteiger charge is 2.36. The van der Waals surface area contributed by atoms with Gasteiger partial charge in [-0.2, -0.15) is 0 Å². The Morgan fingerprint density at radius 1 is 0.818 bits per heavy atom. The van der Waals surface area contributed by atoms with Crippen LogP contribution in [0, 0.1) is 0 Å². The molecule has 2 aromatic carbocycles. The summed E-state index contributed by atoms with van der Waals surface area (Å²) in [5.41, 5.74) is 1.35. The van der Waals surface area contributed by atoms with Crippen molar-refractivity contribution < 1.29 is 8.42 Å². The van der Waals surface area contributed by atoms with Crippen molar-refractivity contribution in [2.45, 2.75) is 42.4 Å². The zero-order valence-corrected chi connectivity index (χ0v) is 13.6. The molecule has 1 aliphatic carbocycles. The molecule has 0 unspecified atom stereocenters. The topological polar surface area (TPSA) is 34.1 Å². The average Bonchev–Trinajstić information content (AvgIpc) is 3.05. The lowest BCUT2D eigenvalue weighted by Crippen LogP contribution is -2.26. The van der Waals surface area contributed by atoms with Crippen molar-refractivity contribution in [3.8, 4) is 0 Å². The van der Waals surface area contributed by atoms with Gasteiger partial charge in [-0.1, -0.05) is 61.4 Å². The molecule has 2 nitrogen and oxygen atoms in total. The van der Waals surface area contributed by atoms with Gasteiger partial charge in [0.15, 0.2) is 9.84 Å². The number of benzene rings is 2. The summed E-state index contributed by atoms with van der Waals surface area (Å²) in [6.07, 6.45) is 5.30. The Hall–Kier alpha value is -1.61. The van der Waals surface area contributed by atoms with E-state index in [4.69, 9.17) is 0 Å². The highest BCUT2D eigenvalue weighted by atomic mass is 32.2. The van der Waals surface area contributed by atoms with E-state index in [-0.39, 0.29) is 11.2 Å². The summed E-state index contributed by atoms with van der Waals surface area (Å²) < 4.78 is 25.1. The van der Waals surface area contributed by atoms with Crippen molar-refractivity contribution in [1.82, 2.24) is 0 Å². The first kappa shape index (κ1) is 15.3. The fourth-order valence-corrected chi connectivity index (χ4v) is 5.07. The van der Waals surface area contributed by atoms with Gasteiger partial charge in [-0.15, -0.1) is 0 Å². The summed E-state index contributed by atoms with van der Waals surface area (Å²) >= 11 is 0. The molecule has 0 bridgehead atoms. The van der Waals surface area contributed by atoms with Crippen molar-refractivity contribution in [3.63, 3.8) is 0 Å². The zero-order valence-electron chi connectivity index (χ0n) is 12.7. The van der Waals surface area contributed by atoms with Crippen molar-refractivity contribution >= 4 is 9.84 Å². The van der Waals surface area contributed by atoms with E-state index in [2.05, 4.69) is 24.3 Å². The maximum Gasteiger partial charge on any atom is 0.178 e. The lowest BCUT2D eigenvalue weighted by Gasteiger charge is -2.29. The molecule has 3 rings (SSSR count). The average molecular weight is 314 g/mol. The van der Waals surface area contributed by atoms with Gasteiger partial charge in [0.1, 0.15) is 0 Å². The van der Waals surface area contributed by atoms with Crippen LogP contribution in [0.1, 0.15) is 37.7 Å². The van der Waals surface area contributed by atoms with Gasteiger partial charge in [-0.25, -0.2) is 8.42 Å². The zero-order chi connectivity index (χ0) is 15.5. The lowest BCUT2D eigenvalue weighted by atomic mass is 9.77. The predicted molar refractivity (Wildman–Crippen MR) is 89.7 cm³/mol. The number of hydrogen-bond acceptors (Lipinski definition) is 2. The maximum absolute atomic E-state index is 12.6. The SMILES string of the molecule is O=S(=O)(CCC1(c2ccccc2)CCCC1)c1ccccc1. The molecule has 0 aliphatic heterocycles. The van der Waals surface area contributed by atoms with Crippen LogP contribution < -0.4 is 0 Å². The van der Waals surface area contributed by atoms with Gasteiger partial charge >= 0.3 is 0 Å². The van der Waals surface area contributed by atoms with Crippen LogP contribution in [0.4, 0.5) is 0 Å². The Morgan fingerprint density at radius 3 is 1.95 bits per heavy atom. The van der Waals surface area contributed by atoms with Crippen molar-refractivity contribution in [3.05, 3.63) is 66.2 Å². The molecule has 0 heterocycles. The van der Waals surface area contributed by atoms with Crippen LogP contribution in [0.3, 0.4) is 0 Å². The van der Waals surface area contributed by atoms with Gasteiger partial charge in [0.05, 0.1) is 10.6 Å².